The average molecular weight is 264 g/mol. The third-order valence-corrected chi connectivity index (χ3v) is 4.50. The highest BCUT2D eigenvalue weighted by Gasteiger charge is 2.39. The third-order valence-electron chi connectivity index (χ3n) is 4.50. The van der Waals surface area contributed by atoms with Gasteiger partial charge in [0.15, 0.2) is 11.6 Å². The molecule has 2 saturated heterocycles. The van der Waals surface area contributed by atoms with E-state index in [0.717, 1.165) is 24.9 Å². The Kier molecular flexibility index (Phi) is 3.46. The van der Waals surface area contributed by atoms with Crippen molar-refractivity contribution in [2.24, 2.45) is 5.73 Å². The summed E-state index contributed by atoms with van der Waals surface area (Å²) >= 11 is 0. The van der Waals surface area contributed by atoms with Crippen molar-refractivity contribution < 1.29 is 9.13 Å². The number of methoxy groups -OCH3 is 1. The lowest BCUT2D eigenvalue weighted by atomic mass is 9.97. The van der Waals surface area contributed by atoms with Gasteiger partial charge in [-0.2, -0.15) is 0 Å². The van der Waals surface area contributed by atoms with Gasteiger partial charge in [-0.1, -0.05) is 6.07 Å². The van der Waals surface area contributed by atoms with Crippen LogP contribution >= 0.6 is 0 Å². The second-order valence-corrected chi connectivity index (χ2v) is 5.76. The zero-order valence-corrected chi connectivity index (χ0v) is 11.3. The minimum atomic E-state index is -0.277. The first kappa shape index (κ1) is 12.9. The van der Waals surface area contributed by atoms with Crippen molar-refractivity contribution in [3.63, 3.8) is 0 Å². The van der Waals surface area contributed by atoms with Crippen LogP contribution < -0.4 is 10.5 Å². The molecule has 104 valence electrons. The van der Waals surface area contributed by atoms with E-state index in [1.54, 1.807) is 12.1 Å². The minimum Gasteiger partial charge on any atom is -0.494 e. The summed E-state index contributed by atoms with van der Waals surface area (Å²) in [5, 5.41) is 0. The van der Waals surface area contributed by atoms with Gasteiger partial charge in [-0.05, 0) is 43.4 Å². The van der Waals surface area contributed by atoms with Gasteiger partial charge in [0.05, 0.1) is 7.11 Å². The van der Waals surface area contributed by atoms with E-state index in [2.05, 4.69) is 4.90 Å². The van der Waals surface area contributed by atoms with Crippen LogP contribution in [0.25, 0.3) is 0 Å². The molecule has 2 atom stereocenters. The maximum Gasteiger partial charge on any atom is 0.165 e. The first-order valence-electron chi connectivity index (χ1n) is 7.01. The van der Waals surface area contributed by atoms with Gasteiger partial charge in [-0.3, -0.25) is 4.90 Å². The molecule has 0 radical (unpaired) electrons. The van der Waals surface area contributed by atoms with E-state index in [9.17, 15) is 4.39 Å². The molecular weight excluding hydrogens is 243 g/mol. The fourth-order valence-electron chi connectivity index (χ4n) is 3.59. The number of halogens is 1. The van der Waals surface area contributed by atoms with E-state index in [4.69, 9.17) is 10.5 Å². The molecule has 0 amide bonds. The molecule has 1 aromatic rings. The van der Waals surface area contributed by atoms with E-state index in [1.165, 1.54) is 20.0 Å². The maximum absolute atomic E-state index is 13.7. The van der Waals surface area contributed by atoms with Gasteiger partial charge in [-0.15, -0.1) is 0 Å². The first-order valence-corrected chi connectivity index (χ1v) is 7.01. The lowest BCUT2D eigenvalue weighted by molar-refractivity contribution is 0.120. The van der Waals surface area contributed by atoms with Crippen LogP contribution in [0, 0.1) is 5.82 Å². The molecule has 2 aliphatic rings. The van der Waals surface area contributed by atoms with Gasteiger partial charge >= 0.3 is 0 Å². The molecule has 0 aliphatic carbocycles. The predicted octanol–water partition coefficient (Wildman–Crippen LogP) is 2.29. The van der Waals surface area contributed by atoms with Crippen LogP contribution in [0.5, 0.6) is 5.75 Å². The molecule has 4 heteroatoms. The van der Waals surface area contributed by atoms with Gasteiger partial charge in [-0.25, -0.2) is 4.39 Å². The summed E-state index contributed by atoms with van der Waals surface area (Å²) in [4.78, 5) is 2.50. The second-order valence-electron chi connectivity index (χ2n) is 5.76. The van der Waals surface area contributed by atoms with Crippen LogP contribution in [-0.2, 0) is 6.54 Å². The SMILES string of the molecule is COc1ccc(CN2C3CCC2CC(N)C3)cc1F. The Morgan fingerprint density at radius 3 is 2.58 bits per heavy atom. The Bertz CT molecular complexity index is 451. The normalized spacial score (nSPS) is 30.6. The van der Waals surface area contributed by atoms with E-state index in [0.29, 0.717) is 23.9 Å². The van der Waals surface area contributed by atoms with Crippen molar-refractivity contribution >= 4 is 0 Å². The molecule has 2 bridgehead atoms. The number of nitrogens with zero attached hydrogens (tertiary/aromatic N) is 1. The number of rotatable bonds is 3. The van der Waals surface area contributed by atoms with Crippen molar-refractivity contribution in [1.82, 2.24) is 4.90 Å². The largest absolute Gasteiger partial charge is 0.494 e. The second kappa shape index (κ2) is 5.10. The number of hydrogen-bond acceptors (Lipinski definition) is 3. The highest BCUT2D eigenvalue weighted by molar-refractivity contribution is 5.29. The van der Waals surface area contributed by atoms with Crippen molar-refractivity contribution in [3.05, 3.63) is 29.6 Å². The number of piperidine rings is 1. The van der Waals surface area contributed by atoms with Crippen molar-refractivity contribution in [1.29, 1.82) is 0 Å². The van der Waals surface area contributed by atoms with Crippen LogP contribution in [0.1, 0.15) is 31.2 Å². The highest BCUT2D eigenvalue weighted by Crippen LogP contribution is 2.36. The molecule has 0 aromatic heterocycles. The maximum atomic E-state index is 13.7. The van der Waals surface area contributed by atoms with Crippen LogP contribution in [0.2, 0.25) is 0 Å². The summed E-state index contributed by atoms with van der Waals surface area (Å²) in [6, 6.07) is 6.77. The molecule has 19 heavy (non-hydrogen) atoms. The fraction of sp³-hybridized carbons (Fsp3) is 0.600. The Labute approximate surface area is 113 Å². The predicted molar refractivity (Wildman–Crippen MR) is 72.5 cm³/mol. The van der Waals surface area contributed by atoms with Gasteiger partial charge in [0, 0.05) is 24.7 Å². The van der Waals surface area contributed by atoms with E-state index in [1.807, 2.05) is 6.07 Å². The molecule has 3 rings (SSSR count). The van der Waals surface area contributed by atoms with Gasteiger partial charge in [0.25, 0.3) is 0 Å². The summed E-state index contributed by atoms with van der Waals surface area (Å²) in [7, 11) is 1.49. The zero-order valence-electron chi connectivity index (χ0n) is 11.3. The Morgan fingerprint density at radius 1 is 1.32 bits per heavy atom. The fourth-order valence-corrected chi connectivity index (χ4v) is 3.59. The van der Waals surface area contributed by atoms with Gasteiger partial charge in [0.1, 0.15) is 0 Å². The quantitative estimate of drug-likeness (QED) is 0.910. The number of nitrogens with two attached hydrogens (primary N) is 1. The van der Waals surface area contributed by atoms with Crippen molar-refractivity contribution in [2.75, 3.05) is 7.11 Å². The van der Waals surface area contributed by atoms with E-state index < -0.39 is 0 Å². The average Bonchev–Trinajstić information content (AvgIpc) is 2.62. The summed E-state index contributed by atoms with van der Waals surface area (Å²) in [5.74, 6) is 0.0356. The molecule has 3 nitrogen and oxygen atoms in total. The number of hydrogen-bond donors (Lipinski definition) is 1. The van der Waals surface area contributed by atoms with E-state index in [-0.39, 0.29) is 5.82 Å². The summed E-state index contributed by atoms with van der Waals surface area (Å²) < 4.78 is 18.7. The zero-order chi connectivity index (χ0) is 13.4. The molecule has 1 aromatic carbocycles. The lowest BCUT2D eigenvalue weighted by Gasteiger charge is -2.37. The van der Waals surface area contributed by atoms with Crippen LogP contribution in [0.15, 0.2) is 18.2 Å². The van der Waals surface area contributed by atoms with Gasteiger partial charge in [0.2, 0.25) is 0 Å². The molecule has 0 saturated carbocycles. The van der Waals surface area contributed by atoms with Crippen LogP contribution in [0.3, 0.4) is 0 Å². The molecular formula is C15H21FN2O. The number of benzene rings is 1. The van der Waals surface area contributed by atoms with Gasteiger partial charge < -0.3 is 10.5 Å². The Morgan fingerprint density at radius 2 is 2.00 bits per heavy atom. The minimum absolute atomic E-state index is 0.277. The summed E-state index contributed by atoms with van der Waals surface area (Å²) in [5.41, 5.74) is 7.09. The van der Waals surface area contributed by atoms with Crippen LogP contribution in [0.4, 0.5) is 4.39 Å². The standard InChI is InChI=1S/C15H21FN2O/c1-19-15-5-2-10(6-14(15)16)9-18-12-3-4-13(18)8-11(17)7-12/h2,5-6,11-13H,3-4,7-9,17H2,1H3. The molecule has 2 unspecified atom stereocenters. The first-order chi connectivity index (χ1) is 9.17. The topological polar surface area (TPSA) is 38.5 Å². The third kappa shape index (κ3) is 2.47. The summed E-state index contributed by atoms with van der Waals surface area (Å²) in [6.45, 7) is 0.822. The monoisotopic (exact) mass is 264 g/mol. The Balaban J connectivity index is 1.73. The number of fused-ring (bicyclic) bond motifs is 2. The Hall–Kier alpha value is -1.13. The summed E-state index contributed by atoms with van der Waals surface area (Å²) in [6.07, 6.45) is 4.62. The molecule has 0 spiro atoms. The highest BCUT2D eigenvalue weighted by atomic mass is 19.1. The number of ether oxygens (including phenoxy) is 1. The molecule has 2 N–H and O–H groups in total. The molecule has 2 aliphatic heterocycles. The van der Waals surface area contributed by atoms with Crippen LogP contribution in [-0.4, -0.2) is 30.1 Å². The van der Waals surface area contributed by atoms with Crippen molar-refractivity contribution in [2.45, 2.75) is 50.4 Å². The van der Waals surface area contributed by atoms with Crippen molar-refractivity contribution in [3.8, 4) is 5.75 Å². The molecule has 2 heterocycles. The molecule has 2 fully saturated rings. The van der Waals surface area contributed by atoms with E-state index >= 15 is 0 Å². The lowest BCUT2D eigenvalue weighted by Crippen LogP contribution is -2.46. The smallest absolute Gasteiger partial charge is 0.165 e.